The van der Waals surface area contributed by atoms with Gasteiger partial charge in [-0.3, -0.25) is 14.7 Å². The maximum atomic E-state index is 13.3. The summed E-state index contributed by atoms with van der Waals surface area (Å²) in [6.45, 7) is 10.7. The van der Waals surface area contributed by atoms with Crippen molar-refractivity contribution < 1.29 is 4.79 Å². The van der Waals surface area contributed by atoms with Crippen LogP contribution in [0.1, 0.15) is 45.3 Å². The van der Waals surface area contributed by atoms with Crippen LogP contribution >= 0.6 is 0 Å². The lowest BCUT2D eigenvalue weighted by Crippen LogP contribution is -2.54. The molecule has 5 heteroatoms. The summed E-state index contributed by atoms with van der Waals surface area (Å²) in [6, 6.07) is 5.98. The quantitative estimate of drug-likeness (QED) is 0.836. The monoisotopic (exact) mass is 318 g/mol. The SMILES string of the molecule is CCCN(CCC)C(=O)C(c1ccccn1)N1CCNC(C)C1. The maximum Gasteiger partial charge on any atom is 0.246 e. The van der Waals surface area contributed by atoms with Gasteiger partial charge in [-0.15, -0.1) is 0 Å². The standard InChI is InChI=1S/C18H30N4O/c1-4-11-21(12-5-2)18(23)17(16-8-6-7-9-20-16)22-13-10-19-15(3)14-22/h6-9,15,17,19H,4-5,10-14H2,1-3H3. The molecule has 2 heterocycles. The van der Waals surface area contributed by atoms with Gasteiger partial charge < -0.3 is 10.2 Å². The number of piperazine rings is 1. The van der Waals surface area contributed by atoms with E-state index in [4.69, 9.17) is 0 Å². The Bertz CT molecular complexity index is 473. The summed E-state index contributed by atoms with van der Waals surface area (Å²) < 4.78 is 0. The van der Waals surface area contributed by atoms with E-state index in [1.54, 1.807) is 6.20 Å². The highest BCUT2D eigenvalue weighted by molar-refractivity contribution is 5.83. The lowest BCUT2D eigenvalue weighted by Gasteiger charge is -2.38. The molecule has 0 aromatic carbocycles. The largest absolute Gasteiger partial charge is 0.341 e. The summed E-state index contributed by atoms with van der Waals surface area (Å²) in [7, 11) is 0. The second-order valence-corrected chi connectivity index (χ2v) is 6.33. The van der Waals surface area contributed by atoms with Crippen molar-refractivity contribution in [3.8, 4) is 0 Å². The molecule has 128 valence electrons. The van der Waals surface area contributed by atoms with E-state index in [1.807, 2.05) is 23.1 Å². The molecule has 5 nitrogen and oxygen atoms in total. The van der Waals surface area contributed by atoms with Crippen LogP contribution in [0.4, 0.5) is 0 Å². The Morgan fingerprint density at radius 1 is 1.39 bits per heavy atom. The smallest absolute Gasteiger partial charge is 0.246 e. The van der Waals surface area contributed by atoms with Gasteiger partial charge in [-0.25, -0.2) is 0 Å². The van der Waals surface area contributed by atoms with E-state index >= 15 is 0 Å². The molecule has 1 aliphatic heterocycles. The van der Waals surface area contributed by atoms with Gasteiger partial charge in [0.15, 0.2) is 0 Å². The average Bonchev–Trinajstić information content (AvgIpc) is 2.56. The predicted molar refractivity (Wildman–Crippen MR) is 93.2 cm³/mol. The van der Waals surface area contributed by atoms with Crippen molar-refractivity contribution in [2.24, 2.45) is 0 Å². The Labute approximate surface area is 140 Å². The molecular weight excluding hydrogens is 288 g/mol. The summed E-state index contributed by atoms with van der Waals surface area (Å²) in [4.78, 5) is 22.0. The third-order valence-electron chi connectivity index (χ3n) is 4.27. The molecule has 0 aliphatic carbocycles. The van der Waals surface area contributed by atoms with E-state index in [0.717, 1.165) is 51.3 Å². The molecule has 1 aromatic rings. The van der Waals surface area contributed by atoms with Crippen LogP contribution in [0.3, 0.4) is 0 Å². The number of hydrogen-bond donors (Lipinski definition) is 1. The molecule has 1 aliphatic rings. The molecule has 0 spiro atoms. The lowest BCUT2D eigenvalue weighted by atomic mass is 10.1. The van der Waals surface area contributed by atoms with Gasteiger partial charge in [0.25, 0.3) is 0 Å². The summed E-state index contributed by atoms with van der Waals surface area (Å²) in [5.41, 5.74) is 0.865. The van der Waals surface area contributed by atoms with Crippen molar-refractivity contribution in [3.05, 3.63) is 30.1 Å². The fourth-order valence-corrected chi connectivity index (χ4v) is 3.25. The third kappa shape index (κ3) is 4.75. The zero-order chi connectivity index (χ0) is 16.7. The van der Waals surface area contributed by atoms with Crippen LogP contribution in [0.2, 0.25) is 0 Å². The fraction of sp³-hybridized carbons (Fsp3) is 0.667. The van der Waals surface area contributed by atoms with E-state index < -0.39 is 0 Å². The van der Waals surface area contributed by atoms with Gasteiger partial charge in [-0.2, -0.15) is 0 Å². The molecule has 1 amide bonds. The van der Waals surface area contributed by atoms with Gasteiger partial charge >= 0.3 is 0 Å². The molecule has 0 radical (unpaired) electrons. The van der Waals surface area contributed by atoms with Gasteiger partial charge in [0.1, 0.15) is 6.04 Å². The number of nitrogens with zero attached hydrogens (tertiary/aromatic N) is 3. The first-order valence-corrected chi connectivity index (χ1v) is 8.84. The second kappa shape index (κ2) is 8.99. The molecule has 2 unspecified atom stereocenters. The first kappa shape index (κ1) is 17.9. The van der Waals surface area contributed by atoms with Gasteiger partial charge in [0.2, 0.25) is 5.91 Å². The molecule has 0 bridgehead atoms. The van der Waals surface area contributed by atoms with Crippen molar-refractivity contribution in [2.45, 2.75) is 45.7 Å². The van der Waals surface area contributed by atoms with Crippen LogP contribution < -0.4 is 5.32 Å². The minimum absolute atomic E-state index is 0.196. The van der Waals surface area contributed by atoms with Crippen LogP contribution in [0.15, 0.2) is 24.4 Å². The Hall–Kier alpha value is -1.46. The van der Waals surface area contributed by atoms with Crippen molar-refractivity contribution in [2.75, 3.05) is 32.7 Å². The Morgan fingerprint density at radius 3 is 2.70 bits per heavy atom. The summed E-state index contributed by atoms with van der Waals surface area (Å²) in [6.07, 6.45) is 3.75. The van der Waals surface area contributed by atoms with Crippen LogP contribution in [0.5, 0.6) is 0 Å². The molecule has 1 saturated heterocycles. The fourth-order valence-electron chi connectivity index (χ4n) is 3.25. The Kier molecular flexibility index (Phi) is 6.99. The lowest BCUT2D eigenvalue weighted by molar-refractivity contribution is -0.138. The van der Waals surface area contributed by atoms with E-state index in [2.05, 4.69) is 36.0 Å². The number of carbonyl (C=O) groups is 1. The number of amides is 1. The number of nitrogens with one attached hydrogen (secondary N) is 1. The molecule has 2 atom stereocenters. The highest BCUT2D eigenvalue weighted by Gasteiger charge is 2.33. The Morgan fingerprint density at radius 2 is 2.13 bits per heavy atom. The number of hydrogen-bond acceptors (Lipinski definition) is 4. The first-order valence-electron chi connectivity index (χ1n) is 8.84. The minimum atomic E-state index is -0.265. The molecule has 1 aromatic heterocycles. The Balaban J connectivity index is 2.26. The minimum Gasteiger partial charge on any atom is -0.341 e. The number of pyridine rings is 1. The van der Waals surface area contributed by atoms with Crippen molar-refractivity contribution >= 4 is 5.91 Å². The van der Waals surface area contributed by atoms with Gasteiger partial charge in [0.05, 0.1) is 5.69 Å². The van der Waals surface area contributed by atoms with Crippen molar-refractivity contribution in [3.63, 3.8) is 0 Å². The summed E-state index contributed by atoms with van der Waals surface area (Å²) in [5.74, 6) is 0.196. The molecular formula is C18H30N4O. The number of aromatic nitrogens is 1. The zero-order valence-corrected chi connectivity index (χ0v) is 14.7. The molecule has 0 saturated carbocycles. The molecule has 23 heavy (non-hydrogen) atoms. The normalized spacial score (nSPS) is 20.2. The second-order valence-electron chi connectivity index (χ2n) is 6.33. The molecule has 1 N–H and O–H groups in total. The van der Waals surface area contributed by atoms with Gasteiger partial charge in [-0.1, -0.05) is 19.9 Å². The molecule has 2 rings (SSSR count). The van der Waals surface area contributed by atoms with E-state index in [9.17, 15) is 4.79 Å². The zero-order valence-electron chi connectivity index (χ0n) is 14.7. The van der Waals surface area contributed by atoms with Crippen molar-refractivity contribution in [1.29, 1.82) is 0 Å². The van der Waals surface area contributed by atoms with E-state index in [-0.39, 0.29) is 11.9 Å². The van der Waals surface area contributed by atoms with Crippen LogP contribution in [-0.2, 0) is 4.79 Å². The van der Waals surface area contributed by atoms with Crippen LogP contribution in [-0.4, -0.2) is 59.5 Å². The highest BCUT2D eigenvalue weighted by atomic mass is 16.2. The topological polar surface area (TPSA) is 48.5 Å². The van der Waals surface area contributed by atoms with Crippen LogP contribution in [0, 0.1) is 0 Å². The highest BCUT2D eigenvalue weighted by Crippen LogP contribution is 2.23. The third-order valence-corrected chi connectivity index (χ3v) is 4.27. The summed E-state index contributed by atoms with van der Waals surface area (Å²) in [5, 5.41) is 3.45. The first-order chi connectivity index (χ1) is 11.2. The van der Waals surface area contributed by atoms with Gasteiger partial charge in [-0.05, 0) is 31.9 Å². The average molecular weight is 318 g/mol. The van der Waals surface area contributed by atoms with Crippen molar-refractivity contribution in [1.82, 2.24) is 20.1 Å². The summed E-state index contributed by atoms with van der Waals surface area (Å²) >= 11 is 0. The molecule has 1 fully saturated rings. The number of rotatable bonds is 7. The van der Waals surface area contributed by atoms with E-state index in [0.29, 0.717) is 6.04 Å². The van der Waals surface area contributed by atoms with E-state index in [1.165, 1.54) is 0 Å². The maximum absolute atomic E-state index is 13.3. The van der Waals surface area contributed by atoms with Crippen LogP contribution in [0.25, 0.3) is 0 Å². The predicted octanol–water partition coefficient (Wildman–Crippen LogP) is 2.06. The number of carbonyl (C=O) groups excluding carboxylic acids is 1. The van der Waals surface area contributed by atoms with Gasteiger partial charge in [0, 0.05) is 45.0 Å².